The topological polar surface area (TPSA) is 76.7 Å². The van der Waals surface area contributed by atoms with E-state index in [2.05, 4.69) is 5.32 Å². The van der Waals surface area contributed by atoms with Gasteiger partial charge in [0.2, 0.25) is 6.79 Å². The average Bonchev–Trinajstić information content (AvgIpc) is 2.88. The molecule has 0 spiro atoms. The summed E-state index contributed by atoms with van der Waals surface area (Å²) in [5.41, 5.74) is 8.59. The molecule has 2 aromatic rings. The highest BCUT2D eigenvalue weighted by Crippen LogP contribution is 2.38. The van der Waals surface area contributed by atoms with Gasteiger partial charge in [0.25, 0.3) is 0 Å². The van der Waals surface area contributed by atoms with Crippen molar-refractivity contribution in [1.29, 1.82) is 0 Å². The summed E-state index contributed by atoms with van der Waals surface area (Å²) in [5, 5.41) is 12.5. The fraction of sp³-hybridized carbons (Fsp3) is 0.200. The number of hydrogen-bond acceptors (Lipinski definition) is 5. The lowest BCUT2D eigenvalue weighted by Crippen LogP contribution is -2.06. The second-order valence-electron chi connectivity index (χ2n) is 4.64. The molecule has 4 N–H and O–H groups in total. The van der Waals surface area contributed by atoms with Crippen molar-refractivity contribution >= 4 is 11.4 Å². The molecule has 5 nitrogen and oxygen atoms in total. The van der Waals surface area contributed by atoms with Crippen molar-refractivity contribution in [1.82, 2.24) is 0 Å². The smallest absolute Gasteiger partial charge is 0.231 e. The first kappa shape index (κ1) is 12.5. The van der Waals surface area contributed by atoms with Gasteiger partial charge >= 0.3 is 0 Å². The zero-order valence-electron chi connectivity index (χ0n) is 10.9. The highest BCUT2D eigenvalue weighted by molar-refractivity contribution is 5.72. The molecule has 1 aliphatic heterocycles. The number of anilines is 2. The van der Waals surface area contributed by atoms with E-state index in [1.165, 1.54) is 0 Å². The van der Waals surface area contributed by atoms with Crippen LogP contribution in [0.4, 0.5) is 11.4 Å². The van der Waals surface area contributed by atoms with Crippen LogP contribution in [0.2, 0.25) is 0 Å². The van der Waals surface area contributed by atoms with Crippen molar-refractivity contribution < 1.29 is 14.6 Å². The lowest BCUT2D eigenvalue weighted by molar-refractivity contribution is 0.174. The number of benzene rings is 2. The van der Waals surface area contributed by atoms with E-state index in [0.717, 1.165) is 24.2 Å². The maximum atomic E-state index is 9.23. The van der Waals surface area contributed by atoms with Gasteiger partial charge in [-0.05, 0) is 24.1 Å². The summed E-state index contributed by atoms with van der Waals surface area (Å²) in [6.07, 6.45) is 0.841. The summed E-state index contributed by atoms with van der Waals surface area (Å²) in [4.78, 5) is 0. The fourth-order valence-corrected chi connectivity index (χ4v) is 2.11. The third-order valence-electron chi connectivity index (χ3n) is 3.21. The van der Waals surface area contributed by atoms with E-state index in [4.69, 9.17) is 15.2 Å². The first-order valence-corrected chi connectivity index (χ1v) is 6.43. The van der Waals surface area contributed by atoms with Gasteiger partial charge in [0.1, 0.15) is 5.75 Å². The molecule has 0 aliphatic carbocycles. The van der Waals surface area contributed by atoms with E-state index in [-0.39, 0.29) is 12.5 Å². The molecule has 104 valence electrons. The number of fused-ring (bicyclic) bond motifs is 1. The molecule has 1 heterocycles. The molecule has 0 unspecified atom stereocenters. The van der Waals surface area contributed by atoms with Gasteiger partial charge < -0.3 is 25.6 Å². The number of phenols is 1. The number of ether oxygens (including phenoxy) is 2. The quantitative estimate of drug-likeness (QED) is 0.745. The Bertz CT molecular complexity index is 611. The molecular weight excluding hydrogens is 256 g/mol. The maximum absolute atomic E-state index is 9.23. The molecule has 1 aliphatic rings. The van der Waals surface area contributed by atoms with E-state index in [0.29, 0.717) is 17.2 Å². The van der Waals surface area contributed by atoms with Crippen LogP contribution >= 0.6 is 0 Å². The van der Waals surface area contributed by atoms with E-state index in [1.807, 2.05) is 18.2 Å². The monoisotopic (exact) mass is 272 g/mol. The summed E-state index contributed by atoms with van der Waals surface area (Å²) in [6, 6.07) is 10.8. The lowest BCUT2D eigenvalue weighted by Gasteiger charge is -2.10. The molecule has 0 radical (unpaired) electrons. The summed E-state index contributed by atoms with van der Waals surface area (Å²) in [6.45, 7) is 0.986. The second-order valence-corrected chi connectivity index (χ2v) is 4.64. The molecule has 0 bridgehead atoms. The zero-order valence-corrected chi connectivity index (χ0v) is 10.9. The molecule has 0 aromatic heterocycles. The standard InChI is InChI=1S/C15H16N2O3/c16-12-7-14-15(20-9-19-14)8-13(12)17-6-5-10-1-3-11(18)4-2-10/h1-4,7-8,17-18H,5-6,9,16H2. The van der Waals surface area contributed by atoms with Crippen LogP contribution < -0.4 is 20.5 Å². The predicted molar refractivity (Wildman–Crippen MR) is 77.3 cm³/mol. The third kappa shape index (κ3) is 2.56. The minimum absolute atomic E-state index is 0.242. The Morgan fingerprint density at radius 3 is 2.55 bits per heavy atom. The summed E-state index contributed by atoms with van der Waals surface area (Å²) < 4.78 is 10.6. The van der Waals surface area contributed by atoms with Crippen LogP contribution in [-0.2, 0) is 6.42 Å². The van der Waals surface area contributed by atoms with Crippen LogP contribution in [-0.4, -0.2) is 18.4 Å². The highest BCUT2D eigenvalue weighted by atomic mass is 16.7. The molecular formula is C15H16N2O3. The summed E-state index contributed by atoms with van der Waals surface area (Å²) in [7, 11) is 0. The minimum atomic E-state index is 0.242. The Labute approximate surface area is 116 Å². The number of nitrogens with two attached hydrogens (primary N) is 1. The molecule has 0 atom stereocenters. The molecule has 2 aromatic carbocycles. The van der Waals surface area contributed by atoms with Gasteiger partial charge in [-0.1, -0.05) is 12.1 Å². The van der Waals surface area contributed by atoms with Gasteiger partial charge in [0, 0.05) is 18.7 Å². The van der Waals surface area contributed by atoms with Gasteiger partial charge in [0.15, 0.2) is 11.5 Å². The van der Waals surface area contributed by atoms with Crippen molar-refractivity contribution in [3.8, 4) is 17.2 Å². The Morgan fingerprint density at radius 1 is 1.10 bits per heavy atom. The van der Waals surface area contributed by atoms with Crippen molar-refractivity contribution in [3.63, 3.8) is 0 Å². The van der Waals surface area contributed by atoms with Gasteiger partial charge in [-0.2, -0.15) is 0 Å². The van der Waals surface area contributed by atoms with Gasteiger partial charge in [-0.3, -0.25) is 0 Å². The largest absolute Gasteiger partial charge is 0.508 e. The van der Waals surface area contributed by atoms with E-state index >= 15 is 0 Å². The van der Waals surface area contributed by atoms with Gasteiger partial charge in [-0.25, -0.2) is 0 Å². The number of rotatable bonds is 4. The Kier molecular flexibility index (Phi) is 3.25. The highest BCUT2D eigenvalue weighted by Gasteiger charge is 2.15. The van der Waals surface area contributed by atoms with Crippen molar-refractivity contribution in [3.05, 3.63) is 42.0 Å². The Hall–Kier alpha value is -2.56. The SMILES string of the molecule is Nc1cc2c(cc1NCCc1ccc(O)cc1)OCO2. The number of aromatic hydroxyl groups is 1. The predicted octanol–water partition coefficient (Wildman–Crippen LogP) is 2.36. The number of nitrogen functional groups attached to an aromatic ring is 1. The van der Waals surface area contributed by atoms with Crippen molar-refractivity contribution in [2.75, 3.05) is 24.4 Å². The first-order chi connectivity index (χ1) is 9.72. The van der Waals surface area contributed by atoms with E-state index < -0.39 is 0 Å². The normalized spacial score (nSPS) is 12.4. The van der Waals surface area contributed by atoms with Gasteiger partial charge in [-0.15, -0.1) is 0 Å². The summed E-state index contributed by atoms with van der Waals surface area (Å²) in [5.74, 6) is 1.68. The third-order valence-corrected chi connectivity index (χ3v) is 3.21. The van der Waals surface area contributed by atoms with Crippen molar-refractivity contribution in [2.45, 2.75) is 6.42 Å². The molecule has 3 rings (SSSR count). The molecule has 5 heteroatoms. The second kappa shape index (κ2) is 5.21. The Balaban J connectivity index is 1.62. The first-order valence-electron chi connectivity index (χ1n) is 6.43. The maximum Gasteiger partial charge on any atom is 0.231 e. The molecule has 20 heavy (non-hydrogen) atoms. The van der Waals surface area contributed by atoms with E-state index in [9.17, 15) is 5.11 Å². The number of phenolic OH excluding ortho intramolecular Hbond substituents is 1. The molecule has 0 saturated heterocycles. The number of hydrogen-bond donors (Lipinski definition) is 3. The Morgan fingerprint density at radius 2 is 1.80 bits per heavy atom. The average molecular weight is 272 g/mol. The van der Waals surface area contributed by atoms with Crippen LogP contribution in [0.25, 0.3) is 0 Å². The fourth-order valence-electron chi connectivity index (χ4n) is 2.11. The van der Waals surface area contributed by atoms with Gasteiger partial charge in [0.05, 0.1) is 11.4 Å². The molecule has 0 fully saturated rings. The van der Waals surface area contributed by atoms with Crippen LogP contribution in [0, 0.1) is 0 Å². The van der Waals surface area contributed by atoms with Crippen molar-refractivity contribution in [2.24, 2.45) is 0 Å². The summed E-state index contributed by atoms with van der Waals surface area (Å²) >= 11 is 0. The molecule has 0 saturated carbocycles. The minimum Gasteiger partial charge on any atom is -0.508 e. The van der Waals surface area contributed by atoms with E-state index in [1.54, 1.807) is 18.2 Å². The zero-order chi connectivity index (χ0) is 13.9. The van der Waals surface area contributed by atoms with Crippen LogP contribution in [0.3, 0.4) is 0 Å². The van der Waals surface area contributed by atoms with Crippen LogP contribution in [0.5, 0.6) is 17.2 Å². The van der Waals surface area contributed by atoms with Crippen LogP contribution in [0.15, 0.2) is 36.4 Å². The molecule has 0 amide bonds. The number of nitrogens with one attached hydrogen (secondary N) is 1. The van der Waals surface area contributed by atoms with Crippen LogP contribution in [0.1, 0.15) is 5.56 Å². The lowest BCUT2D eigenvalue weighted by atomic mass is 10.1.